The van der Waals surface area contributed by atoms with Gasteiger partial charge in [0.15, 0.2) is 0 Å². The second-order valence-electron chi connectivity index (χ2n) is 12.7. The van der Waals surface area contributed by atoms with Gasteiger partial charge in [0.1, 0.15) is 6.10 Å². The van der Waals surface area contributed by atoms with E-state index < -0.39 is 0 Å². The molecule has 0 aliphatic rings. The molecule has 0 aromatic carbocycles. The fourth-order valence-electron chi connectivity index (χ4n) is 5.45. The molecule has 0 spiro atoms. The van der Waals surface area contributed by atoms with E-state index in [0.717, 1.165) is 25.7 Å². The van der Waals surface area contributed by atoms with E-state index in [1.807, 2.05) is 7.05 Å². The van der Waals surface area contributed by atoms with Crippen molar-refractivity contribution in [2.24, 2.45) is 0 Å². The quantitative estimate of drug-likeness (QED) is 0.0446. The van der Waals surface area contributed by atoms with Gasteiger partial charge in [-0.15, -0.1) is 0 Å². The number of hydrogen-bond acceptors (Lipinski definition) is 3. The lowest BCUT2D eigenvalue weighted by Gasteiger charge is -2.18. The van der Waals surface area contributed by atoms with E-state index in [0.29, 0.717) is 13.0 Å². The summed E-state index contributed by atoms with van der Waals surface area (Å²) in [5.41, 5.74) is 0. The van der Waals surface area contributed by atoms with Crippen LogP contribution < -0.4 is 5.32 Å². The molecule has 0 fully saturated rings. The SMILES string of the molecule is CCCCC/C=C\C/C=C\CCCCCCCCC(CCCCCCCC/C=C\C/C=C\CCCCC)OC(=O)CCNC. The van der Waals surface area contributed by atoms with Crippen LogP contribution >= 0.6 is 0 Å². The van der Waals surface area contributed by atoms with Gasteiger partial charge in [-0.25, -0.2) is 0 Å². The van der Waals surface area contributed by atoms with Gasteiger partial charge in [-0.3, -0.25) is 4.79 Å². The maximum absolute atomic E-state index is 12.3. The van der Waals surface area contributed by atoms with Gasteiger partial charge >= 0.3 is 5.97 Å². The van der Waals surface area contributed by atoms with Crippen LogP contribution in [0, 0.1) is 0 Å². The third-order valence-electron chi connectivity index (χ3n) is 8.33. The van der Waals surface area contributed by atoms with Crippen LogP contribution in [0.25, 0.3) is 0 Å². The first-order valence-corrected chi connectivity index (χ1v) is 19.2. The number of nitrogens with one attached hydrogen (secondary N) is 1. The normalized spacial score (nSPS) is 12.3. The van der Waals surface area contributed by atoms with E-state index in [1.54, 1.807) is 0 Å². The molecule has 0 unspecified atom stereocenters. The van der Waals surface area contributed by atoms with Crippen molar-refractivity contribution < 1.29 is 9.53 Å². The summed E-state index contributed by atoms with van der Waals surface area (Å²) in [5, 5.41) is 3.06. The van der Waals surface area contributed by atoms with E-state index >= 15 is 0 Å². The standard InChI is InChI=1S/C41H75NO2/c1-4-6-8-10-12-14-16-18-20-22-24-26-28-30-32-34-36-40(44-41(43)38-39-42-3)37-35-33-31-29-27-25-23-21-19-17-15-13-11-9-7-5-2/h12-15,18-21,40,42H,4-11,16-17,22-39H2,1-3H3/b14-12-,15-13-,20-18-,21-19-. The van der Waals surface area contributed by atoms with Gasteiger partial charge in [-0.2, -0.15) is 0 Å². The van der Waals surface area contributed by atoms with Crippen molar-refractivity contribution in [3.05, 3.63) is 48.6 Å². The number of esters is 1. The molecular weight excluding hydrogens is 538 g/mol. The minimum absolute atomic E-state index is 0.0376. The van der Waals surface area contributed by atoms with Gasteiger partial charge in [-0.05, 0) is 96.9 Å². The van der Waals surface area contributed by atoms with E-state index in [4.69, 9.17) is 4.74 Å². The predicted molar refractivity (Wildman–Crippen MR) is 196 cm³/mol. The maximum atomic E-state index is 12.3. The zero-order valence-corrected chi connectivity index (χ0v) is 29.8. The molecule has 0 aromatic rings. The average molecular weight is 614 g/mol. The second-order valence-corrected chi connectivity index (χ2v) is 12.7. The van der Waals surface area contributed by atoms with Gasteiger partial charge in [0.2, 0.25) is 0 Å². The van der Waals surface area contributed by atoms with Crippen LogP contribution in [0.2, 0.25) is 0 Å². The zero-order chi connectivity index (χ0) is 32.0. The molecule has 0 heterocycles. The summed E-state index contributed by atoms with van der Waals surface area (Å²) in [6.07, 6.45) is 51.7. The Morgan fingerprint density at radius 2 is 0.886 bits per heavy atom. The topological polar surface area (TPSA) is 38.3 Å². The number of rotatable bonds is 34. The summed E-state index contributed by atoms with van der Waals surface area (Å²) in [5.74, 6) is -0.0376. The molecular formula is C41H75NO2. The van der Waals surface area contributed by atoms with Crippen molar-refractivity contribution in [1.82, 2.24) is 5.32 Å². The molecule has 44 heavy (non-hydrogen) atoms. The van der Waals surface area contributed by atoms with Crippen molar-refractivity contribution in [2.75, 3.05) is 13.6 Å². The molecule has 0 aliphatic carbocycles. The molecule has 0 saturated heterocycles. The Morgan fingerprint density at radius 3 is 1.27 bits per heavy atom. The van der Waals surface area contributed by atoms with Crippen LogP contribution in [0.4, 0.5) is 0 Å². The minimum Gasteiger partial charge on any atom is -0.462 e. The van der Waals surface area contributed by atoms with Gasteiger partial charge in [0, 0.05) is 6.54 Å². The van der Waals surface area contributed by atoms with E-state index in [2.05, 4.69) is 67.8 Å². The summed E-state index contributed by atoms with van der Waals surface area (Å²) in [6, 6.07) is 0. The van der Waals surface area contributed by atoms with Crippen LogP contribution in [0.3, 0.4) is 0 Å². The number of ether oxygens (including phenoxy) is 1. The lowest BCUT2D eigenvalue weighted by molar-refractivity contribution is -0.149. The molecule has 0 radical (unpaired) electrons. The number of carbonyl (C=O) groups excluding carboxylic acids is 1. The summed E-state index contributed by atoms with van der Waals surface area (Å²) in [6.45, 7) is 5.21. The number of carbonyl (C=O) groups is 1. The van der Waals surface area contributed by atoms with Crippen LogP contribution in [0.5, 0.6) is 0 Å². The molecule has 0 atom stereocenters. The molecule has 0 bridgehead atoms. The Bertz CT molecular complexity index is 645. The van der Waals surface area contributed by atoms with Crippen molar-refractivity contribution in [3.8, 4) is 0 Å². The first-order chi connectivity index (χ1) is 21.7. The van der Waals surface area contributed by atoms with Gasteiger partial charge < -0.3 is 10.1 Å². The van der Waals surface area contributed by atoms with Crippen molar-refractivity contribution in [1.29, 1.82) is 0 Å². The average Bonchev–Trinajstić information content (AvgIpc) is 3.03. The first kappa shape index (κ1) is 42.4. The smallest absolute Gasteiger partial charge is 0.307 e. The molecule has 0 aromatic heterocycles. The fourth-order valence-corrected chi connectivity index (χ4v) is 5.45. The van der Waals surface area contributed by atoms with E-state index in [-0.39, 0.29) is 12.1 Å². The molecule has 1 N–H and O–H groups in total. The summed E-state index contributed by atoms with van der Waals surface area (Å²) >= 11 is 0. The molecule has 0 saturated carbocycles. The molecule has 3 heteroatoms. The Hall–Kier alpha value is -1.61. The zero-order valence-electron chi connectivity index (χ0n) is 29.8. The molecule has 0 rings (SSSR count). The second kappa shape index (κ2) is 37.6. The molecule has 256 valence electrons. The van der Waals surface area contributed by atoms with Crippen LogP contribution in [0.1, 0.15) is 187 Å². The number of allylic oxidation sites excluding steroid dienone is 8. The number of unbranched alkanes of at least 4 members (excludes halogenated alkanes) is 18. The molecule has 0 amide bonds. The van der Waals surface area contributed by atoms with Crippen molar-refractivity contribution in [2.45, 2.75) is 193 Å². The summed E-state index contributed by atoms with van der Waals surface area (Å²) in [7, 11) is 1.89. The first-order valence-electron chi connectivity index (χ1n) is 19.2. The maximum Gasteiger partial charge on any atom is 0.307 e. The largest absolute Gasteiger partial charge is 0.462 e. The molecule has 3 nitrogen and oxygen atoms in total. The van der Waals surface area contributed by atoms with E-state index in [1.165, 1.54) is 141 Å². The minimum atomic E-state index is -0.0376. The fraction of sp³-hybridized carbons (Fsp3) is 0.780. The Morgan fingerprint density at radius 1 is 0.523 bits per heavy atom. The van der Waals surface area contributed by atoms with Crippen molar-refractivity contribution >= 4 is 5.97 Å². The monoisotopic (exact) mass is 614 g/mol. The van der Waals surface area contributed by atoms with Crippen LogP contribution in [0.15, 0.2) is 48.6 Å². The van der Waals surface area contributed by atoms with Gasteiger partial charge in [0.05, 0.1) is 6.42 Å². The summed E-state index contributed by atoms with van der Waals surface area (Å²) < 4.78 is 5.90. The Kier molecular flexibility index (Phi) is 36.2. The highest BCUT2D eigenvalue weighted by Gasteiger charge is 2.14. The third-order valence-corrected chi connectivity index (χ3v) is 8.33. The lowest BCUT2D eigenvalue weighted by atomic mass is 10.0. The van der Waals surface area contributed by atoms with Crippen LogP contribution in [-0.2, 0) is 9.53 Å². The van der Waals surface area contributed by atoms with Gasteiger partial charge in [0.25, 0.3) is 0 Å². The van der Waals surface area contributed by atoms with Crippen LogP contribution in [-0.4, -0.2) is 25.7 Å². The van der Waals surface area contributed by atoms with E-state index in [9.17, 15) is 4.79 Å². The Balaban J connectivity index is 3.88. The van der Waals surface area contributed by atoms with Gasteiger partial charge in [-0.1, -0.05) is 140 Å². The summed E-state index contributed by atoms with van der Waals surface area (Å²) in [4.78, 5) is 12.3. The lowest BCUT2D eigenvalue weighted by Crippen LogP contribution is -2.21. The highest BCUT2D eigenvalue weighted by molar-refractivity contribution is 5.69. The number of hydrogen-bond donors (Lipinski definition) is 1. The highest BCUT2D eigenvalue weighted by atomic mass is 16.5. The molecule has 0 aliphatic heterocycles. The Labute approximate surface area is 275 Å². The predicted octanol–water partition coefficient (Wildman–Crippen LogP) is 12.9. The highest BCUT2D eigenvalue weighted by Crippen LogP contribution is 2.18. The third kappa shape index (κ3) is 34.9. The van der Waals surface area contributed by atoms with Crippen molar-refractivity contribution in [3.63, 3.8) is 0 Å².